The Kier molecular flexibility index (Phi) is 10.4. The van der Waals surface area contributed by atoms with E-state index >= 15 is 0 Å². The van der Waals surface area contributed by atoms with E-state index < -0.39 is 19.8 Å². The van der Waals surface area contributed by atoms with Gasteiger partial charge < -0.3 is 14.4 Å². The smallest absolute Gasteiger partial charge is 0.460 e. The molecule has 9 heteroatoms. The predicted molar refractivity (Wildman–Crippen MR) is 73.3 cm³/mol. The summed E-state index contributed by atoms with van der Waals surface area (Å²) in [6, 6.07) is 0. The highest BCUT2D eigenvalue weighted by atomic mass is 31.2. The molecule has 0 amide bonds. The second-order valence-electron chi connectivity index (χ2n) is 3.47. The van der Waals surface area contributed by atoms with Crippen LogP contribution in [0, 0.1) is 0 Å². The third-order valence-electron chi connectivity index (χ3n) is 1.77. The van der Waals surface area contributed by atoms with Gasteiger partial charge in [0.05, 0.1) is 13.2 Å². The third-order valence-corrected chi connectivity index (χ3v) is 2.79. The second kappa shape index (κ2) is 11.2. The van der Waals surface area contributed by atoms with E-state index in [0.717, 1.165) is 0 Å². The SMILES string of the molecule is CC=CC(=O)OCCOP(=O)(O)OCCOC(=O)C=CC. The van der Waals surface area contributed by atoms with E-state index in [-0.39, 0.29) is 26.4 Å². The summed E-state index contributed by atoms with van der Waals surface area (Å²) in [7, 11) is -4.26. The van der Waals surface area contributed by atoms with Gasteiger partial charge >= 0.3 is 19.8 Å². The number of ether oxygens (including phenoxy) is 2. The minimum absolute atomic E-state index is 0.187. The van der Waals surface area contributed by atoms with E-state index in [1.54, 1.807) is 13.8 Å². The first-order valence-corrected chi connectivity index (χ1v) is 7.61. The van der Waals surface area contributed by atoms with Crippen LogP contribution < -0.4 is 0 Å². The van der Waals surface area contributed by atoms with Crippen LogP contribution in [0.4, 0.5) is 0 Å². The first-order chi connectivity index (χ1) is 9.91. The zero-order valence-corrected chi connectivity index (χ0v) is 12.8. The molecule has 0 aliphatic heterocycles. The summed E-state index contributed by atoms with van der Waals surface area (Å²) in [6.45, 7) is 2.33. The lowest BCUT2D eigenvalue weighted by molar-refractivity contribution is -0.139. The van der Waals surface area contributed by atoms with Crippen molar-refractivity contribution in [3.8, 4) is 0 Å². The highest BCUT2D eigenvalue weighted by Crippen LogP contribution is 2.42. The molecular weight excluding hydrogens is 303 g/mol. The van der Waals surface area contributed by atoms with Gasteiger partial charge in [-0.15, -0.1) is 0 Å². The fraction of sp³-hybridized carbons (Fsp3) is 0.500. The number of rotatable bonds is 10. The molecule has 0 saturated heterocycles. The van der Waals surface area contributed by atoms with Crippen LogP contribution in [0.25, 0.3) is 0 Å². The van der Waals surface area contributed by atoms with Crippen molar-refractivity contribution in [3.63, 3.8) is 0 Å². The molecule has 120 valence electrons. The molecule has 0 rings (SSSR count). The van der Waals surface area contributed by atoms with E-state index in [1.807, 2.05) is 0 Å². The highest BCUT2D eigenvalue weighted by Gasteiger charge is 2.20. The summed E-state index contributed by atoms with van der Waals surface area (Å²) in [5, 5.41) is 0. The molecule has 0 heterocycles. The van der Waals surface area contributed by atoms with Gasteiger partial charge in [-0.25, -0.2) is 14.2 Å². The van der Waals surface area contributed by atoms with Gasteiger partial charge in [0.2, 0.25) is 0 Å². The zero-order valence-electron chi connectivity index (χ0n) is 11.9. The van der Waals surface area contributed by atoms with Crippen molar-refractivity contribution in [3.05, 3.63) is 24.3 Å². The molecule has 0 atom stereocenters. The van der Waals surface area contributed by atoms with E-state index in [1.165, 1.54) is 24.3 Å². The quantitative estimate of drug-likeness (QED) is 0.278. The zero-order chi connectivity index (χ0) is 16.1. The van der Waals surface area contributed by atoms with Crippen LogP contribution >= 0.6 is 7.82 Å². The Hall–Kier alpha value is -1.47. The maximum atomic E-state index is 11.4. The number of allylic oxidation sites excluding steroid dienone is 2. The molecule has 0 fully saturated rings. The predicted octanol–water partition coefficient (Wildman–Crippen LogP) is 1.36. The van der Waals surface area contributed by atoms with Crippen molar-refractivity contribution in [2.75, 3.05) is 26.4 Å². The Labute approximate surface area is 122 Å². The van der Waals surface area contributed by atoms with Crippen molar-refractivity contribution in [2.45, 2.75) is 13.8 Å². The summed E-state index contributed by atoms with van der Waals surface area (Å²) in [5.41, 5.74) is 0. The monoisotopic (exact) mass is 322 g/mol. The van der Waals surface area contributed by atoms with Crippen molar-refractivity contribution < 1.29 is 37.6 Å². The molecule has 0 saturated carbocycles. The van der Waals surface area contributed by atoms with E-state index in [2.05, 4.69) is 18.5 Å². The first kappa shape index (κ1) is 19.5. The number of phosphoric ester groups is 1. The number of carbonyl (C=O) groups excluding carboxylic acids is 2. The summed E-state index contributed by atoms with van der Waals surface area (Å²) in [6.07, 6.45) is 5.40. The Morgan fingerprint density at radius 1 is 0.905 bits per heavy atom. The molecule has 0 aliphatic rings. The normalized spacial score (nSPS) is 14.2. The molecule has 21 heavy (non-hydrogen) atoms. The largest absolute Gasteiger partial charge is 0.472 e. The van der Waals surface area contributed by atoms with E-state index in [9.17, 15) is 19.0 Å². The first-order valence-electron chi connectivity index (χ1n) is 6.12. The minimum Gasteiger partial charge on any atom is -0.460 e. The average molecular weight is 322 g/mol. The van der Waals surface area contributed by atoms with E-state index in [0.29, 0.717) is 0 Å². The van der Waals surface area contributed by atoms with Crippen LogP contribution in [0.5, 0.6) is 0 Å². The lowest BCUT2D eigenvalue weighted by Crippen LogP contribution is -2.11. The van der Waals surface area contributed by atoms with Gasteiger partial charge in [0.25, 0.3) is 0 Å². The topological polar surface area (TPSA) is 108 Å². The van der Waals surface area contributed by atoms with Gasteiger partial charge in [0.15, 0.2) is 0 Å². The van der Waals surface area contributed by atoms with E-state index in [4.69, 9.17) is 0 Å². The molecule has 0 aromatic heterocycles. The van der Waals surface area contributed by atoms with Crippen LogP contribution in [0.15, 0.2) is 24.3 Å². The molecular formula is C12H19O8P. The van der Waals surface area contributed by atoms with Crippen LogP contribution in [0.1, 0.15) is 13.8 Å². The molecule has 0 aromatic carbocycles. The van der Waals surface area contributed by atoms with Crippen molar-refractivity contribution in [2.24, 2.45) is 0 Å². The van der Waals surface area contributed by atoms with Gasteiger partial charge in [-0.3, -0.25) is 9.05 Å². The van der Waals surface area contributed by atoms with Gasteiger partial charge in [0, 0.05) is 12.2 Å². The molecule has 0 unspecified atom stereocenters. The van der Waals surface area contributed by atoms with Gasteiger partial charge in [-0.05, 0) is 13.8 Å². The van der Waals surface area contributed by atoms with Crippen LogP contribution in [-0.2, 0) is 32.7 Å². The molecule has 0 aromatic rings. The third kappa shape index (κ3) is 12.0. The number of hydrogen-bond acceptors (Lipinski definition) is 7. The van der Waals surface area contributed by atoms with Crippen LogP contribution in [0.3, 0.4) is 0 Å². The molecule has 0 aliphatic carbocycles. The summed E-state index contributed by atoms with van der Waals surface area (Å²) in [4.78, 5) is 31.1. The number of phosphoric acid groups is 1. The molecule has 0 bridgehead atoms. The number of hydrogen-bond donors (Lipinski definition) is 1. The Balaban J connectivity index is 3.76. The van der Waals surface area contributed by atoms with Crippen molar-refractivity contribution in [1.82, 2.24) is 0 Å². The molecule has 1 N–H and O–H groups in total. The maximum Gasteiger partial charge on any atom is 0.472 e. The second-order valence-corrected chi connectivity index (χ2v) is 4.92. The van der Waals surface area contributed by atoms with Crippen molar-refractivity contribution in [1.29, 1.82) is 0 Å². The van der Waals surface area contributed by atoms with Crippen LogP contribution in [-0.4, -0.2) is 43.3 Å². The average Bonchev–Trinajstić information content (AvgIpc) is 2.41. The Bertz CT molecular complexity index is 393. The Morgan fingerprint density at radius 3 is 1.62 bits per heavy atom. The van der Waals surface area contributed by atoms with Crippen LogP contribution in [0.2, 0.25) is 0 Å². The summed E-state index contributed by atoms with van der Waals surface area (Å²) < 4.78 is 29.7. The van der Waals surface area contributed by atoms with Gasteiger partial charge in [-0.2, -0.15) is 0 Å². The lowest BCUT2D eigenvalue weighted by Gasteiger charge is -2.11. The minimum atomic E-state index is -4.26. The Morgan fingerprint density at radius 2 is 1.29 bits per heavy atom. The molecule has 0 spiro atoms. The number of esters is 2. The fourth-order valence-electron chi connectivity index (χ4n) is 0.995. The van der Waals surface area contributed by atoms with Crippen molar-refractivity contribution >= 4 is 19.8 Å². The highest BCUT2D eigenvalue weighted by molar-refractivity contribution is 7.47. The summed E-state index contributed by atoms with van der Waals surface area (Å²) in [5.74, 6) is -1.16. The number of carbonyl (C=O) groups is 2. The molecule has 0 radical (unpaired) electrons. The summed E-state index contributed by atoms with van der Waals surface area (Å²) >= 11 is 0. The fourth-order valence-corrected chi connectivity index (χ4v) is 1.68. The van der Waals surface area contributed by atoms with Gasteiger partial charge in [-0.1, -0.05) is 12.2 Å². The maximum absolute atomic E-state index is 11.4. The lowest BCUT2D eigenvalue weighted by atomic mass is 10.5. The van der Waals surface area contributed by atoms with Gasteiger partial charge in [0.1, 0.15) is 13.2 Å². The standard InChI is InChI=1S/C12H19O8P/c1-3-5-11(13)17-7-9-19-21(15,16)20-10-8-18-12(14)6-4-2/h3-6H,7-10H2,1-2H3,(H,15,16). The molecule has 8 nitrogen and oxygen atoms in total.